The molecule has 0 fully saturated rings. The Bertz CT molecular complexity index is 691. The van der Waals surface area contributed by atoms with Crippen LogP contribution in [0.25, 0.3) is 6.08 Å². The number of anilines is 1. The standard InChI is InChI=1S/C16H19N3O3S/c1-4-19(5-2)13-8-6-12(7-9-13)10-14(15(20)21)23-16-18-17-11(3)22-16/h6-10H,4-5H2,1-3H3,(H,20,21)/b14-10-. The minimum Gasteiger partial charge on any atom is -0.477 e. The molecule has 2 rings (SSSR count). The first-order valence-electron chi connectivity index (χ1n) is 7.31. The SMILES string of the molecule is CCN(CC)c1ccc(/C=C(\Sc2nnc(C)o2)C(=O)O)cc1. The minimum atomic E-state index is -1.03. The molecule has 1 heterocycles. The number of thioether (sulfide) groups is 1. The molecule has 2 aromatic rings. The third-order valence-corrected chi connectivity index (χ3v) is 4.09. The number of benzene rings is 1. The van der Waals surface area contributed by atoms with Crippen LogP contribution in [-0.4, -0.2) is 34.4 Å². The first kappa shape index (κ1) is 17.1. The number of carboxylic acid groups (broad SMARTS) is 1. The van der Waals surface area contributed by atoms with Gasteiger partial charge in [-0.2, -0.15) is 0 Å². The molecule has 0 saturated heterocycles. The molecule has 1 N–H and O–H groups in total. The number of nitrogens with zero attached hydrogens (tertiary/aromatic N) is 3. The summed E-state index contributed by atoms with van der Waals surface area (Å²) < 4.78 is 5.21. The average Bonchev–Trinajstić information content (AvgIpc) is 2.94. The van der Waals surface area contributed by atoms with E-state index in [-0.39, 0.29) is 10.1 Å². The molecule has 0 amide bonds. The van der Waals surface area contributed by atoms with E-state index in [0.717, 1.165) is 36.1 Å². The Kier molecular flexibility index (Phi) is 5.81. The zero-order valence-corrected chi connectivity index (χ0v) is 14.1. The van der Waals surface area contributed by atoms with Crippen molar-refractivity contribution in [2.45, 2.75) is 26.0 Å². The maximum atomic E-state index is 11.4. The Hall–Kier alpha value is -2.28. The highest BCUT2D eigenvalue weighted by molar-refractivity contribution is 8.03. The molecule has 0 atom stereocenters. The van der Waals surface area contributed by atoms with E-state index in [1.807, 2.05) is 24.3 Å². The first-order chi connectivity index (χ1) is 11.0. The normalized spacial score (nSPS) is 11.5. The number of aryl methyl sites for hydroxylation is 1. The topological polar surface area (TPSA) is 79.5 Å². The van der Waals surface area contributed by atoms with Crippen LogP contribution in [0.5, 0.6) is 0 Å². The van der Waals surface area contributed by atoms with E-state index in [0.29, 0.717) is 5.89 Å². The molecule has 0 aliphatic carbocycles. The van der Waals surface area contributed by atoms with Crippen LogP contribution >= 0.6 is 11.8 Å². The number of aliphatic carboxylic acids is 1. The smallest absolute Gasteiger partial charge is 0.342 e. The maximum Gasteiger partial charge on any atom is 0.342 e. The summed E-state index contributed by atoms with van der Waals surface area (Å²) in [5.74, 6) is -0.625. The highest BCUT2D eigenvalue weighted by Gasteiger charge is 2.14. The fraction of sp³-hybridized carbons (Fsp3) is 0.312. The number of aromatic nitrogens is 2. The van der Waals surface area contributed by atoms with Gasteiger partial charge in [-0.1, -0.05) is 12.1 Å². The lowest BCUT2D eigenvalue weighted by atomic mass is 10.2. The first-order valence-corrected chi connectivity index (χ1v) is 8.13. The van der Waals surface area contributed by atoms with Crippen molar-refractivity contribution in [3.8, 4) is 0 Å². The van der Waals surface area contributed by atoms with Gasteiger partial charge in [0, 0.05) is 25.7 Å². The van der Waals surface area contributed by atoms with Crippen molar-refractivity contribution in [2.24, 2.45) is 0 Å². The molecule has 0 radical (unpaired) electrons. The van der Waals surface area contributed by atoms with Gasteiger partial charge < -0.3 is 14.4 Å². The fourth-order valence-electron chi connectivity index (χ4n) is 2.07. The second-order valence-electron chi connectivity index (χ2n) is 4.77. The summed E-state index contributed by atoms with van der Waals surface area (Å²) >= 11 is 0.943. The number of hydrogen-bond acceptors (Lipinski definition) is 6. The Morgan fingerprint density at radius 3 is 2.39 bits per heavy atom. The number of carboxylic acids is 1. The molecule has 0 bridgehead atoms. The monoisotopic (exact) mass is 333 g/mol. The van der Waals surface area contributed by atoms with Gasteiger partial charge in [0.25, 0.3) is 5.22 Å². The van der Waals surface area contributed by atoms with Crippen molar-refractivity contribution in [2.75, 3.05) is 18.0 Å². The summed E-state index contributed by atoms with van der Waals surface area (Å²) in [7, 11) is 0. The van der Waals surface area contributed by atoms with Gasteiger partial charge in [0.05, 0.1) is 0 Å². The van der Waals surface area contributed by atoms with Crippen LogP contribution in [0.4, 0.5) is 5.69 Å². The van der Waals surface area contributed by atoms with Crippen molar-refractivity contribution in [3.05, 3.63) is 40.6 Å². The van der Waals surface area contributed by atoms with Crippen LogP contribution in [0.15, 0.2) is 38.8 Å². The van der Waals surface area contributed by atoms with Gasteiger partial charge in [0.15, 0.2) is 0 Å². The van der Waals surface area contributed by atoms with Gasteiger partial charge in [-0.15, -0.1) is 10.2 Å². The largest absolute Gasteiger partial charge is 0.477 e. The predicted octanol–water partition coefficient (Wildman–Crippen LogP) is 3.44. The summed E-state index contributed by atoms with van der Waals surface area (Å²) in [5.41, 5.74) is 1.92. The molecule has 0 spiro atoms. The summed E-state index contributed by atoms with van der Waals surface area (Å²) in [6, 6.07) is 7.77. The molecule has 0 unspecified atom stereocenters. The zero-order chi connectivity index (χ0) is 16.8. The lowest BCUT2D eigenvalue weighted by Gasteiger charge is -2.20. The van der Waals surface area contributed by atoms with Crippen LogP contribution in [0.1, 0.15) is 25.3 Å². The van der Waals surface area contributed by atoms with Crippen molar-refractivity contribution in [1.29, 1.82) is 0 Å². The summed E-state index contributed by atoms with van der Waals surface area (Å²) in [6.07, 6.45) is 1.60. The van der Waals surface area contributed by atoms with Crippen molar-refractivity contribution < 1.29 is 14.3 Å². The molecule has 6 nitrogen and oxygen atoms in total. The van der Waals surface area contributed by atoms with E-state index in [1.165, 1.54) is 0 Å². The molecule has 23 heavy (non-hydrogen) atoms. The van der Waals surface area contributed by atoms with Gasteiger partial charge in [0.1, 0.15) is 4.91 Å². The second-order valence-corrected chi connectivity index (χ2v) is 5.76. The number of carbonyl (C=O) groups is 1. The molecule has 122 valence electrons. The molecule has 1 aromatic heterocycles. The van der Waals surface area contributed by atoms with Gasteiger partial charge in [-0.25, -0.2) is 4.79 Å². The Morgan fingerprint density at radius 2 is 1.91 bits per heavy atom. The van der Waals surface area contributed by atoms with Crippen molar-refractivity contribution in [1.82, 2.24) is 10.2 Å². The van der Waals surface area contributed by atoms with Crippen LogP contribution < -0.4 is 4.90 Å². The summed E-state index contributed by atoms with van der Waals surface area (Å²) in [6.45, 7) is 7.72. The maximum absolute atomic E-state index is 11.4. The average molecular weight is 333 g/mol. The van der Waals surface area contributed by atoms with E-state index in [4.69, 9.17) is 4.42 Å². The van der Waals surface area contributed by atoms with Gasteiger partial charge in [0.2, 0.25) is 5.89 Å². The Balaban J connectivity index is 2.20. The van der Waals surface area contributed by atoms with E-state index in [9.17, 15) is 9.90 Å². The van der Waals surface area contributed by atoms with E-state index < -0.39 is 5.97 Å². The van der Waals surface area contributed by atoms with Gasteiger partial charge in [-0.3, -0.25) is 0 Å². The predicted molar refractivity (Wildman–Crippen MR) is 90.5 cm³/mol. The minimum absolute atomic E-state index is 0.129. The van der Waals surface area contributed by atoms with E-state index >= 15 is 0 Å². The van der Waals surface area contributed by atoms with Crippen molar-refractivity contribution in [3.63, 3.8) is 0 Å². The van der Waals surface area contributed by atoms with E-state index in [1.54, 1.807) is 13.0 Å². The van der Waals surface area contributed by atoms with Crippen molar-refractivity contribution >= 4 is 29.5 Å². The van der Waals surface area contributed by atoms with Crippen LogP contribution in [0.3, 0.4) is 0 Å². The fourth-order valence-corrected chi connectivity index (χ4v) is 2.78. The molecule has 1 aromatic carbocycles. The third-order valence-electron chi connectivity index (χ3n) is 3.23. The number of hydrogen-bond donors (Lipinski definition) is 1. The van der Waals surface area contributed by atoms with E-state index in [2.05, 4.69) is 28.9 Å². The number of rotatable bonds is 7. The van der Waals surface area contributed by atoms with Gasteiger partial charge >= 0.3 is 5.97 Å². The lowest BCUT2D eigenvalue weighted by molar-refractivity contribution is -0.131. The van der Waals surface area contributed by atoms with Crippen LogP contribution in [0.2, 0.25) is 0 Å². The second kappa shape index (κ2) is 7.82. The van der Waals surface area contributed by atoms with Crippen LogP contribution in [-0.2, 0) is 4.79 Å². The lowest BCUT2D eigenvalue weighted by Crippen LogP contribution is -2.21. The Morgan fingerprint density at radius 1 is 1.26 bits per heavy atom. The highest BCUT2D eigenvalue weighted by Crippen LogP contribution is 2.27. The molecular formula is C16H19N3O3S. The zero-order valence-electron chi connectivity index (χ0n) is 13.3. The summed E-state index contributed by atoms with van der Waals surface area (Å²) in [5, 5.41) is 17.1. The molecule has 0 aliphatic rings. The molecule has 0 aliphatic heterocycles. The quantitative estimate of drug-likeness (QED) is 0.614. The molecule has 0 saturated carbocycles. The summed E-state index contributed by atoms with van der Waals surface area (Å²) in [4.78, 5) is 13.7. The Labute approximate surface area is 139 Å². The third kappa shape index (κ3) is 4.59. The molecular weight excluding hydrogens is 314 g/mol. The van der Waals surface area contributed by atoms with Gasteiger partial charge in [-0.05, 0) is 49.4 Å². The highest BCUT2D eigenvalue weighted by atomic mass is 32.2. The van der Waals surface area contributed by atoms with Crippen LogP contribution in [0, 0.1) is 6.92 Å². The molecule has 7 heteroatoms.